The molecular formula is C21H26N2O2S. The molecule has 1 aliphatic heterocycles. The van der Waals surface area contributed by atoms with Crippen molar-refractivity contribution in [2.75, 3.05) is 33.3 Å². The summed E-state index contributed by atoms with van der Waals surface area (Å²) in [5, 5.41) is 0. The summed E-state index contributed by atoms with van der Waals surface area (Å²) >= 11 is 1.54. The monoisotopic (exact) mass is 370 g/mol. The maximum atomic E-state index is 13.1. The van der Waals surface area contributed by atoms with Crippen LogP contribution in [0.25, 0.3) is 10.4 Å². The molecule has 2 aliphatic rings. The third-order valence-corrected chi connectivity index (χ3v) is 6.77. The largest absolute Gasteiger partial charge is 0.495 e. The molecule has 1 saturated carbocycles. The highest BCUT2D eigenvalue weighted by Crippen LogP contribution is 2.37. The minimum absolute atomic E-state index is 0.111. The average Bonchev–Trinajstić information content (AvgIpc) is 3.38. The van der Waals surface area contributed by atoms with Crippen molar-refractivity contribution in [1.82, 2.24) is 9.80 Å². The number of rotatable bonds is 4. The maximum Gasteiger partial charge on any atom is 0.267 e. The molecule has 1 aliphatic carbocycles. The summed E-state index contributed by atoms with van der Waals surface area (Å²) in [7, 11) is 1.64. The van der Waals surface area contributed by atoms with Gasteiger partial charge in [-0.25, -0.2) is 0 Å². The number of carbonyl (C=O) groups is 1. The van der Waals surface area contributed by atoms with Crippen LogP contribution in [0.1, 0.15) is 35.4 Å². The van der Waals surface area contributed by atoms with Gasteiger partial charge in [0, 0.05) is 37.1 Å². The standard InChI is InChI=1S/C21H26N2O2S/c1-25-18-15-19(16-7-3-2-4-8-16)26-20(18)21(24)23-13-11-22(12-14-23)17-9-5-6-10-17/h2-4,7-8,15,17H,5-6,9-14H2,1H3. The number of methoxy groups -OCH3 is 1. The van der Waals surface area contributed by atoms with Crippen LogP contribution in [-0.4, -0.2) is 55.0 Å². The van der Waals surface area contributed by atoms with Crippen molar-refractivity contribution in [1.29, 1.82) is 0 Å². The van der Waals surface area contributed by atoms with E-state index in [4.69, 9.17) is 4.74 Å². The fourth-order valence-corrected chi connectivity index (χ4v) is 5.22. The van der Waals surface area contributed by atoms with Crippen LogP contribution in [0.3, 0.4) is 0 Å². The zero-order valence-electron chi connectivity index (χ0n) is 15.3. The molecule has 1 saturated heterocycles. The van der Waals surface area contributed by atoms with Gasteiger partial charge in [-0.3, -0.25) is 9.69 Å². The Morgan fingerprint density at radius 2 is 1.77 bits per heavy atom. The van der Waals surface area contributed by atoms with Crippen molar-refractivity contribution in [3.05, 3.63) is 41.3 Å². The van der Waals surface area contributed by atoms with E-state index in [1.54, 1.807) is 7.11 Å². The Labute approximate surface area is 159 Å². The molecule has 0 bridgehead atoms. The zero-order chi connectivity index (χ0) is 17.9. The predicted molar refractivity (Wildman–Crippen MR) is 106 cm³/mol. The van der Waals surface area contributed by atoms with Crippen LogP contribution in [0.4, 0.5) is 0 Å². The number of amides is 1. The van der Waals surface area contributed by atoms with Gasteiger partial charge in [0.15, 0.2) is 0 Å². The van der Waals surface area contributed by atoms with E-state index in [0.29, 0.717) is 5.75 Å². The first-order chi connectivity index (χ1) is 12.8. The molecule has 0 spiro atoms. The average molecular weight is 371 g/mol. The van der Waals surface area contributed by atoms with Gasteiger partial charge in [0.25, 0.3) is 5.91 Å². The van der Waals surface area contributed by atoms with Crippen LogP contribution in [0, 0.1) is 0 Å². The van der Waals surface area contributed by atoms with Crippen molar-refractivity contribution in [3.63, 3.8) is 0 Å². The van der Waals surface area contributed by atoms with Crippen LogP contribution in [0.5, 0.6) is 5.75 Å². The Bertz CT molecular complexity index is 745. The lowest BCUT2D eigenvalue weighted by Gasteiger charge is -2.38. The highest BCUT2D eigenvalue weighted by Gasteiger charge is 2.30. The van der Waals surface area contributed by atoms with Crippen LogP contribution in [0.15, 0.2) is 36.4 Å². The summed E-state index contributed by atoms with van der Waals surface area (Å²) in [6, 6.07) is 12.9. The fraction of sp³-hybridized carbons (Fsp3) is 0.476. The second-order valence-corrected chi connectivity index (χ2v) is 8.19. The normalized spacial score (nSPS) is 19.0. The number of benzene rings is 1. The molecule has 0 N–H and O–H groups in total. The summed E-state index contributed by atoms with van der Waals surface area (Å²) in [6.07, 6.45) is 5.37. The molecule has 26 heavy (non-hydrogen) atoms. The molecule has 2 fully saturated rings. The van der Waals surface area contributed by atoms with Crippen molar-refractivity contribution >= 4 is 17.2 Å². The van der Waals surface area contributed by atoms with Gasteiger partial charge < -0.3 is 9.64 Å². The lowest BCUT2D eigenvalue weighted by molar-refractivity contribution is 0.0575. The van der Waals surface area contributed by atoms with Gasteiger partial charge in [-0.1, -0.05) is 43.2 Å². The third-order valence-electron chi connectivity index (χ3n) is 5.61. The molecule has 1 aromatic carbocycles. The summed E-state index contributed by atoms with van der Waals surface area (Å²) < 4.78 is 5.51. The van der Waals surface area contributed by atoms with Gasteiger partial charge >= 0.3 is 0 Å². The van der Waals surface area contributed by atoms with E-state index >= 15 is 0 Å². The smallest absolute Gasteiger partial charge is 0.267 e. The molecule has 0 unspecified atom stereocenters. The van der Waals surface area contributed by atoms with Gasteiger partial charge in [-0.2, -0.15) is 0 Å². The van der Waals surface area contributed by atoms with E-state index in [2.05, 4.69) is 17.0 Å². The van der Waals surface area contributed by atoms with Crippen molar-refractivity contribution < 1.29 is 9.53 Å². The van der Waals surface area contributed by atoms with E-state index in [-0.39, 0.29) is 5.91 Å². The lowest BCUT2D eigenvalue weighted by Crippen LogP contribution is -2.51. The molecular weight excluding hydrogens is 344 g/mol. The molecule has 0 radical (unpaired) electrons. The van der Waals surface area contributed by atoms with Crippen molar-refractivity contribution in [2.24, 2.45) is 0 Å². The number of thiophene rings is 1. The molecule has 5 heteroatoms. The van der Waals surface area contributed by atoms with E-state index in [9.17, 15) is 4.79 Å². The molecule has 138 valence electrons. The highest BCUT2D eigenvalue weighted by atomic mass is 32.1. The molecule has 1 aromatic heterocycles. The van der Waals surface area contributed by atoms with Crippen LogP contribution < -0.4 is 4.74 Å². The number of carbonyl (C=O) groups excluding carboxylic acids is 1. The van der Waals surface area contributed by atoms with Crippen LogP contribution >= 0.6 is 11.3 Å². The van der Waals surface area contributed by atoms with Gasteiger partial charge in [0.05, 0.1) is 7.11 Å². The number of piperazine rings is 1. The Kier molecular flexibility index (Phi) is 5.27. The Morgan fingerprint density at radius 3 is 2.42 bits per heavy atom. The fourth-order valence-electron chi connectivity index (χ4n) is 4.12. The first kappa shape index (κ1) is 17.6. The molecule has 4 rings (SSSR count). The minimum atomic E-state index is 0.111. The molecule has 1 amide bonds. The lowest BCUT2D eigenvalue weighted by atomic mass is 10.1. The van der Waals surface area contributed by atoms with Crippen molar-refractivity contribution in [2.45, 2.75) is 31.7 Å². The van der Waals surface area contributed by atoms with Gasteiger partial charge in [-0.15, -0.1) is 11.3 Å². The summed E-state index contributed by atoms with van der Waals surface area (Å²) in [5.74, 6) is 0.803. The zero-order valence-corrected chi connectivity index (χ0v) is 16.1. The van der Waals surface area contributed by atoms with Gasteiger partial charge in [0.2, 0.25) is 0 Å². The first-order valence-corrected chi connectivity index (χ1v) is 10.3. The molecule has 2 heterocycles. The Hall–Kier alpha value is -1.85. The Morgan fingerprint density at radius 1 is 1.08 bits per heavy atom. The van der Waals surface area contributed by atoms with E-state index in [1.165, 1.54) is 37.0 Å². The quantitative estimate of drug-likeness (QED) is 0.811. The van der Waals surface area contributed by atoms with E-state index < -0.39 is 0 Å². The summed E-state index contributed by atoms with van der Waals surface area (Å²) in [4.78, 5) is 19.5. The molecule has 0 atom stereocenters. The number of hydrogen-bond acceptors (Lipinski definition) is 4. The van der Waals surface area contributed by atoms with Crippen molar-refractivity contribution in [3.8, 4) is 16.2 Å². The van der Waals surface area contributed by atoms with Gasteiger partial charge in [0.1, 0.15) is 10.6 Å². The minimum Gasteiger partial charge on any atom is -0.495 e. The second kappa shape index (κ2) is 7.80. The van der Waals surface area contributed by atoms with E-state index in [0.717, 1.165) is 47.5 Å². The maximum absolute atomic E-state index is 13.1. The van der Waals surface area contributed by atoms with Crippen LogP contribution in [-0.2, 0) is 0 Å². The number of nitrogens with zero attached hydrogens (tertiary/aromatic N) is 2. The summed E-state index contributed by atoms with van der Waals surface area (Å²) in [6.45, 7) is 3.62. The van der Waals surface area contributed by atoms with E-state index in [1.807, 2.05) is 29.2 Å². The SMILES string of the molecule is COc1cc(-c2ccccc2)sc1C(=O)N1CCN(C2CCCC2)CC1. The third kappa shape index (κ3) is 3.51. The molecule has 2 aromatic rings. The second-order valence-electron chi connectivity index (χ2n) is 7.14. The topological polar surface area (TPSA) is 32.8 Å². The van der Waals surface area contributed by atoms with Gasteiger partial charge in [-0.05, 0) is 24.5 Å². The van der Waals surface area contributed by atoms with Crippen LogP contribution in [0.2, 0.25) is 0 Å². The molecule has 4 nitrogen and oxygen atoms in total. The summed E-state index contributed by atoms with van der Waals surface area (Å²) in [5.41, 5.74) is 1.13. The highest BCUT2D eigenvalue weighted by molar-refractivity contribution is 7.17. The first-order valence-electron chi connectivity index (χ1n) is 9.53. The number of hydrogen-bond donors (Lipinski definition) is 0. The number of ether oxygens (including phenoxy) is 1. The Balaban J connectivity index is 1.47. The predicted octanol–water partition coefficient (Wildman–Crippen LogP) is 4.12.